The van der Waals surface area contributed by atoms with Crippen LogP contribution in [0.5, 0.6) is 0 Å². The third-order valence-corrected chi connectivity index (χ3v) is 8.42. The summed E-state index contributed by atoms with van der Waals surface area (Å²) in [6, 6.07) is 23.5. The van der Waals surface area contributed by atoms with Gasteiger partial charge in [-0.05, 0) is 30.2 Å². The number of aryl methyl sites for hydroxylation is 1. The Morgan fingerprint density at radius 3 is 2.39 bits per heavy atom. The third kappa shape index (κ3) is 4.86. The lowest BCUT2D eigenvalue weighted by atomic mass is 9.95. The summed E-state index contributed by atoms with van der Waals surface area (Å²) in [5.74, 6) is -1.01. The molecule has 1 saturated heterocycles. The van der Waals surface area contributed by atoms with Gasteiger partial charge >= 0.3 is 5.91 Å². The molecule has 4 aromatic rings. The zero-order chi connectivity index (χ0) is 25.2. The number of amides is 1. The average molecular weight is 579 g/mol. The van der Waals surface area contributed by atoms with E-state index in [2.05, 4.69) is 50.4 Å². The van der Waals surface area contributed by atoms with Crippen LogP contribution in [0.1, 0.15) is 28.3 Å². The summed E-state index contributed by atoms with van der Waals surface area (Å²) in [6.45, 7) is 2.04. The summed E-state index contributed by atoms with van der Waals surface area (Å²) < 4.78 is 1.54. The van der Waals surface area contributed by atoms with Crippen LogP contribution in [0.15, 0.2) is 93.2 Å². The number of aromatic nitrogens is 2. The second-order valence-corrected chi connectivity index (χ2v) is 11.3. The van der Waals surface area contributed by atoms with Gasteiger partial charge in [0.05, 0.1) is 11.6 Å². The summed E-state index contributed by atoms with van der Waals surface area (Å²) in [4.78, 5) is 27.9. The number of carbonyl (C=O) groups excluding carboxylic acids is 2. The first-order valence-corrected chi connectivity index (χ1v) is 13.7. The van der Waals surface area contributed by atoms with E-state index in [1.54, 1.807) is 24.3 Å². The minimum atomic E-state index is -0.832. The Balaban J connectivity index is 1.52. The Morgan fingerprint density at radius 2 is 1.69 bits per heavy atom. The molecule has 0 radical (unpaired) electrons. The Bertz CT molecular complexity index is 1450. The minimum Gasteiger partial charge on any atom is -0.507 e. The van der Waals surface area contributed by atoms with Crippen molar-refractivity contribution in [3.8, 4) is 0 Å². The molecule has 3 aromatic carbocycles. The summed E-state index contributed by atoms with van der Waals surface area (Å²) >= 11 is 6.20. The molecule has 1 unspecified atom stereocenters. The average Bonchev–Trinajstić information content (AvgIpc) is 3.46. The van der Waals surface area contributed by atoms with Crippen LogP contribution in [-0.4, -0.2) is 27.0 Å². The van der Waals surface area contributed by atoms with E-state index >= 15 is 0 Å². The molecule has 5 rings (SSSR count). The highest BCUT2D eigenvalue weighted by Gasteiger charge is 2.48. The van der Waals surface area contributed by atoms with Gasteiger partial charge in [0.25, 0.3) is 5.78 Å². The zero-order valence-corrected chi connectivity index (χ0v) is 22.3. The van der Waals surface area contributed by atoms with E-state index in [9.17, 15) is 14.7 Å². The number of hydrogen-bond acceptors (Lipinski definition) is 7. The van der Waals surface area contributed by atoms with Crippen LogP contribution in [0, 0.1) is 6.92 Å². The number of anilines is 1. The number of hydrogen-bond donors (Lipinski definition) is 1. The number of ketones is 1. The first kappa shape index (κ1) is 24.4. The zero-order valence-electron chi connectivity index (χ0n) is 19.1. The second kappa shape index (κ2) is 10.4. The van der Waals surface area contributed by atoms with Crippen LogP contribution in [-0.2, 0) is 15.3 Å². The molecule has 1 aliphatic heterocycles. The number of thioether (sulfide) groups is 1. The van der Waals surface area contributed by atoms with Crippen molar-refractivity contribution in [2.45, 2.75) is 23.1 Å². The van der Waals surface area contributed by atoms with Gasteiger partial charge in [-0.3, -0.25) is 14.5 Å². The molecule has 1 fully saturated rings. The number of carbonyl (C=O) groups is 2. The predicted octanol–water partition coefficient (Wildman–Crippen LogP) is 6.53. The molecule has 1 aliphatic rings. The van der Waals surface area contributed by atoms with Gasteiger partial charge in [0.15, 0.2) is 4.34 Å². The lowest BCUT2D eigenvalue weighted by molar-refractivity contribution is -0.132. The molecule has 1 amide bonds. The molecule has 0 saturated carbocycles. The molecule has 0 aliphatic carbocycles. The van der Waals surface area contributed by atoms with Gasteiger partial charge in [-0.25, -0.2) is 0 Å². The molecule has 2 heterocycles. The van der Waals surface area contributed by atoms with Gasteiger partial charge in [-0.1, -0.05) is 111 Å². The van der Waals surface area contributed by atoms with Crippen molar-refractivity contribution < 1.29 is 14.7 Å². The molecular formula is C27H20BrN3O3S2. The van der Waals surface area contributed by atoms with Crippen LogP contribution < -0.4 is 4.90 Å². The predicted molar refractivity (Wildman–Crippen MR) is 146 cm³/mol. The van der Waals surface area contributed by atoms with Gasteiger partial charge in [0, 0.05) is 15.8 Å². The standard InChI is InChI=1S/C27H20BrN3O3S2/c1-16-7-9-17(10-8-16)15-35-27-30-29-26(36-27)31-22(18-11-13-20(28)14-12-18)21(24(33)25(31)34)23(32)19-5-3-2-4-6-19/h2-14,22,32H,15H2,1H3/b23-21-. The lowest BCUT2D eigenvalue weighted by Gasteiger charge is -2.22. The Kier molecular flexibility index (Phi) is 7.04. The largest absolute Gasteiger partial charge is 0.507 e. The van der Waals surface area contributed by atoms with Crippen LogP contribution >= 0.6 is 39.0 Å². The van der Waals surface area contributed by atoms with E-state index < -0.39 is 17.7 Å². The summed E-state index contributed by atoms with van der Waals surface area (Å²) in [6.07, 6.45) is 0. The SMILES string of the molecule is Cc1ccc(CSc2nnc(N3C(=O)C(=O)/C(=C(\O)c4ccccc4)C3c3ccc(Br)cc3)s2)cc1. The van der Waals surface area contributed by atoms with Crippen molar-refractivity contribution in [1.29, 1.82) is 0 Å². The quantitative estimate of drug-likeness (QED) is 0.0922. The topological polar surface area (TPSA) is 83.4 Å². The third-order valence-electron chi connectivity index (χ3n) is 5.76. The first-order valence-electron chi connectivity index (χ1n) is 11.1. The lowest BCUT2D eigenvalue weighted by Crippen LogP contribution is -2.29. The number of nitrogens with zero attached hydrogens (tertiary/aromatic N) is 3. The number of Topliss-reactive ketones (excluding diaryl/α,β-unsaturated/α-hetero) is 1. The maximum Gasteiger partial charge on any atom is 0.301 e. The van der Waals surface area contributed by atoms with Crippen LogP contribution in [0.25, 0.3) is 5.76 Å². The van der Waals surface area contributed by atoms with Gasteiger partial charge in [-0.15, -0.1) is 10.2 Å². The molecule has 0 spiro atoms. The molecule has 0 bridgehead atoms. The summed E-state index contributed by atoms with van der Waals surface area (Å²) in [5, 5.41) is 20.0. The van der Waals surface area contributed by atoms with Crippen molar-refractivity contribution in [1.82, 2.24) is 10.2 Å². The smallest absolute Gasteiger partial charge is 0.301 e. The van der Waals surface area contributed by atoms with E-state index in [0.717, 1.165) is 10.0 Å². The molecule has 1 N–H and O–H groups in total. The molecule has 1 aromatic heterocycles. The van der Waals surface area contributed by atoms with E-state index in [-0.39, 0.29) is 11.3 Å². The highest BCUT2D eigenvalue weighted by Crippen LogP contribution is 2.44. The Morgan fingerprint density at radius 1 is 1.00 bits per heavy atom. The fourth-order valence-corrected chi connectivity index (χ4v) is 6.02. The van der Waals surface area contributed by atoms with E-state index in [0.29, 0.717) is 26.4 Å². The van der Waals surface area contributed by atoms with Crippen LogP contribution in [0.4, 0.5) is 5.13 Å². The number of benzene rings is 3. The van der Waals surface area contributed by atoms with Gasteiger partial charge in [0.1, 0.15) is 5.76 Å². The molecular weight excluding hydrogens is 558 g/mol. The highest BCUT2D eigenvalue weighted by atomic mass is 79.9. The summed E-state index contributed by atoms with van der Waals surface area (Å²) in [7, 11) is 0. The maximum atomic E-state index is 13.3. The van der Waals surface area contributed by atoms with Crippen molar-refractivity contribution in [2.24, 2.45) is 0 Å². The van der Waals surface area contributed by atoms with Crippen molar-refractivity contribution in [3.05, 3.63) is 111 Å². The molecule has 6 nitrogen and oxygen atoms in total. The van der Waals surface area contributed by atoms with Crippen LogP contribution in [0.2, 0.25) is 0 Å². The number of halogens is 1. The minimum absolute atomic E-state index is 0.0255. The van der Waals surface area contributed by atoms with Crippen molar-refractivity contribution >= 4 is 61.6 Å². The molecule has 36 heavy (non-hydrogen) atoms. The fraction of sp³-hybridized carbons (Fsp3) is 0.111. The molecule has 180 valence electrons. The number of aliphatic hydroxyl groups excluding tert-OH is 1. The van der Waals surface area contributed by atoms with Gasteiger partial charge in [-0.2, -0.15) is 0 Å². The van der Waals surface area contributed by atoms with Crippen molar-refractivity contribution in [2.75, 3.05) is 4.90 Å². The number of aliphatic hydroxyl groups is 1. The Labute approximate surface area is 224 Å². The van der Waals surface area contributed by atoms with E-state index in [4.69, 9.17) is 0 Å². The summed E-state index contributed by atoms with van der Waals surface area (Å²) in [5.41, 5.74) is 3.52. The highest BCUT2D eigenvalue weighted by molar-refractivity contribution is 9.10. The molecule has 1 atom stereocenters. The normalized spacial score (nSPS) is 17.1. The maximum absolute atomic E-state index is 13.3. The van der Waals surface area contributed by atoms with Gasteiger partial charge in [0.2, 0.25) is 5.13 Å². The number of rotatable bonds is 6. The van der Waals surface area contributed by atoms with Crippen molar-refractivity contribution in [3.63, 3.8) is 0 Å². The molecule has 9 heteroatoms. The first-order chi connectivity index (χ1) is 17.4. The van der Waals surface area contributed by atoms with E-state index in [1.807, 2.05) is 37.3 Å². The van der Waals surface area contributed by atoms with E-state index in [1.165, 1.54) is 33.6 Å². The van der Waals surface area contributed by atoms with Gasteiger partial charge < -0.3 is 5.11 Å². The monoisotopic (exact) mass is 577 g/mol. The Hall–Kier alpha value is -3.27. The second-order valence-electron chi connectivity index (χ2n) is 8.21. The fourth-order valence-electron chi connectivity index (χ4n) is 3.93. The van der Waals surface area contributed by atoms with Crippen LogP contribution in [0.3, 0.4) is 0 Å².